The topological polar surface area (TPSA) is 24.4 Å². The molecule has 5 heteroatoms. The second kappa shape index (κ2) is 4.41. The molecule has 1 atom stereocenters. The molecular formula is C10H10ClFN2S. The number of halogens is 2. The minimum Gasteiger partial charge on any atom is -0.371 e. The molecular weight excluding hydrogens is 235 g/mol. The molecule has 15 heavy (non-hydrogen) atoms. The van der Waals surface area contributed by atoms with Crippen molar-refractivity contribution in [3.63, 3.8) is 0 Å². The van der Waals surface area contributed by atoms with Crippen molar-refractivity contribution in [3.8, 4) is 0 Å². The molecule has 0 fully saturated rings. The first kappa shape index (κ1) is 10.8. The molecule has 0 bridgehead atoms. The standard InChI is InChI=1S/C10H10ClFN2S/c11-7-5-6(1-2-8(7)12)9(15)10-13-3-4-14-10/h1-2,5,9,15H,3-4H2,(H,13,14). The molecule has 1 aliphatic heterocycles. The van der Waals surface area contributed by atoms with Crippen molar-refractivity contribution in [2.75, 3.05) is 13.1 Å². The Morgan fingerprint density at radius 3 is 2.93 bits per heavy atom. The molecule has 2 rings (SSSR count). The molecule has 0 amide bonds. The zero-order valence-corrected chi connectivity index (χ0v) is 9.52. The lowest BCUT2D eigenvalue weighted by Crippen LogP contribution is -2.22. The van der Waals surface area contributed by atoms with Crippen molar-refractivity contribution in [1.82, 2.24) is 5.32 Å². The van der Waals surface area contributed by atoms with Crippen LogP contribution in [-0.4, -0.2) is 18.9 Å². The van der Waals surface area contributed by atoms with Gasteiger partial charge in [-0.05, 0) is 17.7 Å². The van der Waals surface area contributed by atoms with Crippen LogP contribution in [0, 0.1) is 5.82 Å². The van der Waals surface area contributed by atoms with Crippen molar-refractivity contribution in [2.45, 2.75) is 5.25 Å². The van der Waals surface area contributed by atoms with E-state index in [0.29, 0.717) is 0 Å². The monoisotopic (exact) mass is 244 g/mol. The van der Waals surface area contributed by atoms with E-state index in [1.165, 1.54) is 6.07 Å². The Morgan fingerprint density at radius 2 is 2.33 bits per heavy atom. The molecule has 0 aliphatic carbocycles. The Balaban J connectivity index is 2.25. The Hall–Kier alpha value is -0.740. The van der Waals surface area contributed by atoms with Crippen LogP contribution >= 0.6 is 24.2 Å². The van der Waals surface area contributed by atoms with Crippen molar-refractivity contribution in [3.05, 3.63) is 34.6 Å². The number of hydrogen-bond donors (Lipinski definition) is 2. The minimum absolute atomic E-state index is 0.116. The van der Waals surface area contributed by atoms with Crippen LogP contribution in [0.1, 0.15) is 10.8 Å². The zero-order valence-electron chi connectivity index (χ0n) is 7.87. The average molecular weight is 245 g/mol. The normalized spacial score (nSPS) is 17.1. The van der Waals surface area contributed by atoms with E-state index in [0.717, 1.165) is 24.5 Å². The molecule has 1 heterocycles. The van der Waals surface area contributed by atoms with Gasteiger partial charge in [-0.3, -0.25) is 4.99 Å². The van der Waals surface area contributed by atoms with E-state index in [1.807, 2.05) is 0 Å². The maximum absolute atomic E-state index is 12.9. The number of thiol groups is 1. The Labute approximate surface area is 98.0 Å². The van der Waals surface area contributed by atoms with E-state index in [4.69, 9.17) is 11.6 Å². The van der Waals surface area contributed by atoms with Crippen molar-refractivity contribution in [1.29, 1.82) is 0 Å². The van der Waals surface area contributed by atoms with E-state index >= 15 is 0 Å². The number of amidine groups is 1. The molecule has 1 N–H and O–H groups in total. The average Bonchev–Trinajstić information content (AvgIpc) is 2.74. The molecule has 2 nitrogen and oxygen atoms in total. The number of hydrogen-bond acceptors (Lipinski definition) is 3. The molecule has 0 aromatic heterocycles. The Morgan fingerprint density at radius 1 is 1.53 bits per heavy atom. The molecule has 0 saturated heterocycles. The predicted octanol–water partition coefficient (Wildman–Crippen LogP) is 2.45. The third kappa shape index (κ3) is 2.26. The van der Waals surface area contributed by atoms with Crippen LogP contribution in [-0.2, 0) is 0 Å². The summed E-state index contributed by atoms with van der Waals surface area (Å²) < 4.78 is 12.9. The number of benzene rings is 1. The van der Waals surface area contributed by atoms with E-state index in [2.05, 4.69) is 22.9 Å². The quantitative estimate of drug-likeness (QED) is 0.768. The lowest BCUT2D eigenvalue weighted by Gasteiger charge is -2.12. The van der Waals surface area contributed by atoms with Crippen molar-refractivity contribution in [2.24, 2.45) is 4.99 Å². The predicted molar refractivity (Wildman–Crippen MR) is 63.4 cm³/mol. The van der Waals surface area contributed by atoms with Crippen molar-refractivity contribution < 1.29 is 4.39 Å². The van der Waals surface area contributed by atoms with Gasteiger partial charge in [0, 0.05) is 6.54 Å². The fourth-order valence-corrected chi connectivity index (χ4v) is 1.96. The first-order valence-corrected chi connectivity index (χ1v) is 5.49. The van der Waals surface area contributed by atoms with Gasteiger partial charge in [-0.1, -0.05) is 17.7 Å². The van der Waals surface area contributed by atoms with Crippen molar-refractivity contribution >= 4 is 30.1 Å². The summed E-state index contributed by atoms with van der Waals surface area (Å²) in [5, 5.41) is 3.08. The summed E-state index contributed by atoms with van der Waals surface area (Å²) in [6, 6.07) is 4.59. The van der Waals surface area contributed by atoms with Crippen LogP contribution < -0.4 is 5.32 Å². The summed E-state index contributed by atoms with van der Waals surface area (Å²) in [6.45, 7) is 1.60. The van der Waals surface area contributed by atoms with E-state index < -0.39 is 5.82 Å². The minimum atomic E-state index is -0.415. The molecule has 1 aromatic rings. The summed E-state index contributed by atoms with van der Waals surface area (Å²) in [5.41, 5.74) is 0.845. The summed E-state index contributed by atoms with van der Waals surface area (Å²) in [4.78, 5) is 4.26. The molecule has 0 spiro atoms. The van der Waals surface area contributed by atoms with Gasteiger partial charge in [0.2, 0.25) is 0 Å². The number of nitrogens with one attached hydrogen (secondary N) is 1. The van der Waals surface area contributed by atoms with Crippen LogP contribution in [0.2, 0.25) is 5.02 Å². The second-order valence-electron chi connectivity index (χ2n) is 3.27. The molecule has 0 radical (unpaired) electrons. The Kier molecular flexibility index (Phi) is 3.17. The highest BCUT2D eigenvalue weighted by Crippen LogP contribution is 2.26. The number of aliphatic imine (C=N–C) groups is 1. The van der Waals surface area contributed by atoms with Crippen LogP contribution in [0.3, 0.4) is 0 Å². The molecule has 0 saturated carbocycles. The lowest BCUT2D eigenvalue weighted by molar-refractivity contribution is 0.627. The van der Waals surface area contributed by atoms with Crippen LogP contribution in [0.4, 0.5) is 4.39 Å². The number of nitrogens with zero attached hydrogens (tertiary/aromatic N) is 1. The van der Waals surface area contributed by atoms with Gasteiger partial charge in [0.05, 0.1) is 16.8 Å². The third-order valence-electron chi connectivity index (χ3n) is 2.22. The second-order valence-corrected chi connectivity index (χ2v) is 4.19. The summed E-state index contributed by atoms with van der Waals surface area (Å²) in [5.74, 6) is 0.406. The zero-order chi connectivity index (χ0) is 10.8. The SMILES string of the molecule is Fc1ccc(C(S)C2=NCCN2)cc1Cl. The highest BCUT2D eigenvalue weighted by atomic mass is 35.5. The fraction of sp³-hybridized carbons (Fsp3) is 0.300. The molecule has 1 aliphatic rings. The van der Waals surface area contributed by atoms with Gasteiger partial charge < -0.3 is 5.32 Å². The first-order valence-electron chi connectivity index (χ1n) is 4.59. The molecule has 80 valence electrons. The van der Waals surface area contributed by atoms with Gasteiger partial charge in [-0.2, -0.15) is 12.6 Å². The fourth-order valence-electron chi connectivity index (χ4n) is 1.44. The van der Waals surface area contributed by atoms with E-state index in [-0.39, 0.29) is 10.3 Å². The van der Waals surface area contributed by atoms with Gasteiger partial charge in [0.15, 0.2) is 0 Å². The molecule has 1 aromatic carbocycles. The van der Waals surface area contributed by atoms with Gasteiger partial charge in [-0.25, -0.2) is 4.39 Å². The van der Waals surface area contributed by atoms with Gasteiger partial charge in [0.25, 0.3) is 0 Å². The highest BCUT2D eigenvalue weighted by Gasteiger charge is 2.17. The summed E-state index contributed by atoms with van der Waals surface area (Å²) >= 11 is 10.1. The van der Waals surface area contributed by atoms with E-state index in [9.17, 15) is 4.39 Å². The van der Waals surface area contributed by atoms with Crippen LogP contribution in [0.15, 0.2) is 23.2 Å². The summed E-state index contributed by atoms with van der Waals surface area (Å²) in [6.07, 6.45) is 0. The highest BCUT2D eigenvalue weighted by molar-refractivity contribution is 7.81. The maximum Gasteiger partial charge on any atom is 0.141 e. The van der Waals surface area contributed by atoms with Gasteiger partial charge in [0.1, 0.15) is 11.7 Å². The van der Waals surface area contributed by atoms with Gasteiger partial charge >= 0.3 is 0 Å². The lowest BCUT2D eigenvalue weighted by atomic mass is 10.1. The molecule has 1 unspecified atom stereocenters. The van der Waals surface area contributed by atoms with Crippen LogP contribution in [0.5, 0.6) is 0 Å². The largest absolute Gasteiger partial charge is 0.371 e. The first-order chi connectivity index (χ1) is 7.18. The van der Waals surface area contributed by atoms with Crippen LogP contribution in [0.25, 0.3) is 0 Å². The third-order valence-corrected chi connectivity index (χ3v) is 3.05. The summed E-state index contributed by atoms with van der Waals surface area (Å²) in [7, 11) is 0. The Bertz CT molecular complexity index is 408. The maximum atomic E-state index is 12.9. The van der Waals surface area contributed by atoms with Gasteiger partial charge in [-0.15, -0.1) is 0 Å². The van der Waals surface area contributed by atoms with E-state index in [1.54, 1.807) is 12.1 Å². The number of rotatable bonds is 2. The smallest absolute Gasteiger partial charge is 0.141 e.